The summed E-state index contributed by atoms with van der Waals surface area (Å²) < 4.78 is 0. The number of aliphatic hydroxyl groups is 1. The predicted molar refractivity (Wildman–Crippen MR) is 93.2 cm³/mol. The number of hydrogen-bond acceptors (Lipinski definition) is 2. The summed E-state index contributed by atoms with van der Waals surface area (Å²) in [5.74, 6) is 0.812. The Balaban J connectivity index is 2.18. The molecule has 3 nitrogen and oxygen atoms in total. The molecular weight excluding hydrogens is 288 g/mol. The molecule has 132 valence electrons. The van der Waals surface area contributed by atoms with Crippen molar-refractivity contribution in [3.05, 3.63) is 11.6 Å². The van der Waals surface area contributed by atoms with Crippen LogP contribution < -0.4 is 0 Å². The number of carbonyl (C=O) groups is 1. The molecule has 2 aliphatic carbocycles. The topological polar surface area (TPSA) is 57.5 Å². The number of hydrogen-bond donors (Lipinski definition) is 2. The highest BCUT2D eigenvalue weighted by Gasteiger charge is 2.53. The summed E-state index contributed by atoms with van der Waals surface area (Å²) in [6, 6.07) is 0. The van der Waals surface area contributed by atoms with Crippen molar-refractivity contribution < 1.29 is 15.0 Å². The SMILES string of the molecule is CC(CC[C@@]1(C)[C@H](C)CC[C@]2(C)C(CO)=CCC[C@H]12)CC(=O)O. The van der Waals surface area contributed by atoms with Crippen LogP contribution in [0, 0.1) is 28.6 Å². The van der Waals surface area contributed by atoms with Gasteiger partial charge in [0.05, 0.1) is 6.61 Å². The van der Waals surface area contributed by atoms with Gasteiger partial charge in [0.15, 0.2) is 0 Å². The van der Waals surface area contributed by atoms with Crippen molar-refractivity contribution in [1.29, 1.82) is 0 Å². The molecule has 0 aliphatic heterocycles. The first kappa shape index (κ1) is 18.5. The zero-order chi connectivity index (χ0) is 17.3. The fourth-order valence-corrected chi connectivity index (χ4v) is 5.40. The quantitative estimate of drug-likeness (QED) is 0.700. The van der Waals surface area contributed by atoms with E-state index in [-0.39, 0.29) is 29.8 Å². The Hall–Kier alpha value is -0.830. The van der Waals surface area contributed by atoms with Gasteiger partial charge in [0.2, 0.25) is 0 Å². The number of aliphatic carboxylic acids is 1. The molecule has 0 spiro atoms. The van der Waals surface area contributed by atoms with E-state index in [1.807, 2.05) is 0 Å². The van der Waals surface area contributed by atoms with Crippen LogP contribution in [-0.2, 0) is 4.79 Å². The van der Waals surface area contributed by atoms with Crippen LogP contribution in [0.2, 0.25) is 0 Å². The summed E-state index contributed by atoms with van der Waals surface area (Å²) >= 11 is 0. The van der Waals surface area contributed by atoms with Gasteiger partial charge in [0.25, 0.3) is 0 Å². The molecule has 2 N–H and O–H groups in total. The van der Waals surface area contributed by atoms with Crippen molar-refractivity contribution in [3.63, 3.8) is 0 Å². The van der Waals surface area contributed by atoms with E-state index in [1.54, 1.807) is 0 Å². The van der Waals surface area contributed by atoms with E-state index < -0.39 is 5.97 Å². The molecule has 3 heteroatoms. The number of carboxylic acids is 1. The molecule has 1 saturated carbocycles. The maximum Gasteiger partial charge on any atom is 0.303 e. The van der Waals surface area contributed by atoms with Crippen molar-refractivity contribution in [2.45, 2.75) is 72.6 Å². The minimum absolute atomic E-state index is 0.129. The maximum atomic E-state index is 10.9. The molecular formula is C20H34O3. The lowest BCUT2D eigenvalue weighted by Gasteiger charge is -2.58. The average molecular weight is 322 g/mol. The Bertz CT molecular complexity index is 470. The normalized spacial score (nSPS) is 38.6. The fraction of sp³-hybridized carbons (Fsp3) is 0.850. The Morgan fingerprint density at radius 2 is 2.09 bits per heavy atom. The zero-order valence-electron chi connectivity index (χ0n) is 15.3. The van der Waals surface area contributed by atoms with E-state index in [0.29, 0.717) is 11.8 Å². The van der Waals surface area contributed by atoms with Crippen molar-refractivity contribution in [1.82, 2.24) is 0 Å². The van der Waals surface area contributed by atoms with Gasteiger partial charge in [0.1, 0.15) is 0 Å². The van der Waals surface area contributed by atoms with Crippen LogP contribution in [0.3, 0.4) is 0 Å². The molecule has 0 amide bonds. The summed E-state index contributed by atoms with van der Waals surface area (Å²) in [5.41, 5.74) is 1.61. The van der Waals surface area contributed by atoms with Gasteiger partial charge in [0, 0.05) is 6.42 Å². The third-order valence-corrected chi connectivity index (χ3v) is 7.24. The van der Waals surface area contributed by atoms with Gasteiger partial charge in [-0.05, 0) is 72.7 Å². The maximum absolute atomic E-state index is 10.9. The third-order valence-electron chi connectivity index (χ3n) is 7.24. The highest BCUT2D eigenvalue weighted by Crippen LogP contribution is 2.61. The van der Waals surface area contributed by atoms with Gasteiger partial charge < -0.3 is 10.2 Å². The van der Waals surface area contributed by atoms with Crippen LogP contribution in [0.4, 0.5) is 0 Å². The van der Waals surface area contributed by atoms with E-state index in [2.05, 4.69) is 33.8 Å². The number of carboxylic acid groups (broad SMARTS) is 1. The molecule has 1 fully saturated rings. The van der Waals surface area contributed by atoms with Crippen LogP contribution in [0.5, 0.6) is 0 Å². The second-order valence-electron chi connectivity index (χ2n) is 8.62. The first-order valence-electron chi connectivity index (χ1n) is 9.26. The minimum Gasteiger partial charge on any atom is -0.481 e. The second-order valence-corrected chi connectivity index (χ2v) is 8.62. The fourth-order valence-electron chi connectivity index (χ4n) is 5.40. The van der Waals surface area contributed by atoms with E-state index in [0.717, 1.165) is 19.3 Å². The number of rotatable bonds is 6. The molecule has 23 heavy (non-hydrogen) atoms. The summed E-state index contributed by atoms with van der Waals surface area (Å²) in [6.07, 6.45) is 9.27. The average Bonchev–Trinajstić information content (AvgIpc) is 2.48. The lowest BCUT2D eigenvalue weighted by Crippen LogP contribution is -2.50. The van der Waals surface area contributed by atoms with Crippen LogP contribution >= 0.6 is 0 Å². The van der Waals surface area contributed by atoms with Gasteiger partial charge in [-0.3, -0.25) is 4.79 Å². The first-order chi connectivity index (χ1) is 10.7. The first-order valence-corrected chi connectivity index (χ1v) is 9.26. The van der Waals surface area contributed by atoms with Crippen LogP contribution in [-0.4, -0.2) is 22.8 Å². The largest absolute Gasteiger partial charge is 0.481 e. The van der Waals surface area contributed by atoms with Gasteiger partial charge in [-0.15, -0.1) is 0 Å². The van der Waals surface area contributed by atoms with Crippen molar-refractivity contribution in [3.8, 4) is 0 Å². The predicted octanol–water partition coefficient (Wildman–Crippen LogP) is 4.65. The standard InChI is InChI=1S/C20H34O3/c1-14(12-18(22)23)8-10-19(3)15(2)9-11-20(4)16(13-21)6-5-7-17(19)20/h6,14-15,17,21H,5,7-13H2,1-4H3,(H,22,23)/t14?,15-,17-,19+,20-/m1/s1. The molecule has 0 aromatic rings. The highest BCUT2D eigenvalue weighted by atomic mass is 16.4. The summed E-state index contributed by atoms with van der Waals surface area (Å²) in [5, 5.41) is 18.8. The molecule has 5 atom stereocenters. The Morgan fingerprint density at radius 1 is 1.39 bits per heavy atom. The van der Waals surface area contributed by atoms with Crippen LogP contribution in [0.1, 0.15) is 72.6 Å². The molecule has 0 aromatic heterocycles. The molecule has 2 aliphatic rings. The molecule has 1 unspecified atom stereocenters. The van der Waals surface area contributed by atoms with Crippen LogP contribution in [0.25, 0.3) is 0 Å². The number of allylic oxidation sites excluding steroid dienone is 1. The lowest BCUT2D eigenvalue weighted by atomic mass is 9.46. The summed E-state index contributed by atoms with van der Waals surface area (Å²) in [7, 11) is 0. The van der Waals surface area contributed by atoms with E-state index in [1.165, 1.54) is 24.8 Å². The molecule has 0 bridgehead atoms. The Morgan fingerprint density at radius 3 is 2.70 bits per heavy atom. The van der Waals surface area contributed by atoms with Gasteiger partial charge in [-0.25, -0.2) is 0 Å². The summed E-state index contributed by atoms with van der Waals surface area (Å²) in [6.45, 7) is 9.40. The van der Waals surface area contributed by atoms with Crippen molar-refractivity contribution in [2.24, 2.45) is 28.6 Å². The molecule has 2 rings (SSSR count). The highest BCUT2D eigenvalue weighted by molar-refractivity contribution is 5.66. The second kappa shape index (κ2) is 6.96. The molecule has 0 aromatic carbocycles. The molecule has 0 saturated heterocycles. The number of fused-ring (bicyclic) bond motifs is 1. The van der Waals surface area contributed by atoms with E-state index in [9.17, 15) is 9.90 Å². The lowest BCUT2D eigenvalue weighted by molar-refractivity contribution is -0.138. The zero-order valence-corrected chi connectivity index (χ0v) is 15.3. The smallest absolute Gasteiger partial charge is 0.303 e. The minimum atomic E-state index is -0.688. The summed E-state index contributed by atoms with van der Waals surface area (Å²) in [4.78, 5) is 10.9. The van der Waals surface area contributed by atoms with Gasteiger partial charge in [-0.2, -0.15) is 0 Å². The van der Waals surface area contributed by atoms with Crippen LogP contribution in [0.15, 0.2) is 11.6 Å². The molecule has 0 heterocycles. The van der Waals surface area contributed by atoms with Crippen molar-refractivity contribution in [2.75, 3.05) is 6.61 Å². The third kappa shape index (κ3) is 3.50. The van der Waals surface area contributed by atoms with E-state index >= 15 is 0 Å². The van der Waals surface area contributed by atoms with Crippen molar-refractivity contribution >= 4 is 5.97 Å². The number of aliphatic hydroxyl groups excluding tert-OH is 1. The Kier molecular flexibility index (Phi) is 5.60. The van der Waals surface area contributed by atoms with Gasteiger partial charge >= 0.3 is 5.97 Å². The Labute approximate surface area is 141 Å². The van der Waals surface area contributed by atoms with E-state index in [4.69, 9.17) is 5.11 Å². The monoisotopic (exact) mass is 322 g/mol. The van der Waals surface area contributed by atoms with Gasteiger partial charge in [-0.1, -0.05) is 33.8 Å². The molecule has 0 radical (unpaired) electrons.